The van der Waals surface area contributed by atoms with Crippen molar-refractivity contribution in [2.24, 2.45) is 0 Å². The number of carbonyl (C=O) groups is 2. The Bertz CT molecular complexity index is 501. The number of rotatable bonds is 4. The summed E-state index contributed by atoms with van der Waals surface area (Å²) in [7, 11) is 0. The second-order valence-corrected chi connectivity index (χ2v) is 4.43. The van der Waals surface area contributed by atoms with Crippen molar-refractivity contribution >= 4 is 11.9 Å². The van der Waals surface area contributed by atoms with E-state index < -0.39 is 12.1 Å². The molecule has 0 aromatic heterocycles. The number of carboxylic acid groups (broad SMARTS) is 1. The molecule has 0 aliphatic carbocycles. The molecule has 1 aliphatic rings. The molecule has 1 aromatic rings. The minimum absolute atomic E-state index is 0.296. The van der Waals surface area contributed by atoms with Gasteiger partial charge in [0, 0.05) is 12.1 Å². The number of hydrogen-bond acceptors (Lipinski definition) is 4. The second-order valence-electron chi connectivity index (χ2n) is 4.43. The van der Waals surface area contributed by atoms with Gasteiger partial charge in [0.1, 0.15) is 0 Å². The Morgan fingerprint density at radius 1 is 1.42 bits per heavy atom. The number of carbonyl (C=O) groups excluding carboxylic acids is 1. The van der Waals surface area contributed by atoms with Crippen LogP contribution in [0.2, 0.25) is 0 Å². The molecule has 0 radical (unpaired) electrons. The van der Waals surface area contributed by atoms with Gasteiger partial charge in [-0.25, -0.2) is 4.79 Å². The van der Waals surface area contributed by atoms with Crippen LogP contribution in [-0.2, 0) is 17.8 Å². The van der Waals surface area contributed by atoms with Gasteiger partial charge >= 0.3 is 5.97 Å². The molecule has 2 rings (SSSR count). The highest BCUT2D eigenvalue weighted by Gasteiger charge is 2.19. The van der Waals surface area contributed by atoms with Crippen molar-refractivity contribution in [3.8, 4) is 0 Å². The molecule has 0 saturated heterocycles. The van der Waals surface area contributed by atoms with Gasteiger partial charge in [-0.15, -0.1) is 0 Å². The minimum Gasteiger partial charge on any atom is -0.479 e. The molecule has 0 bridgehead atoms. The van der Waals surface area contributed by atoms with Crippen LogP contribution in [-0.4, -0.2) is 41.3 Å². The molecule has 4 N–H and O–H groups in total. The minimum atomic E-state index is -1.58. The van der Waals surface area contributed by atoms with E-state index in [1.807, 2.05) is 6.07 Å². The van der Waals surface area contributed by atoms with Crippen LogP contribution in [0, 0.1) is 0 Å². The monoisotopic (exact) mass is 264 g/mol. The van der Waals surface area contributed by atoms with Crippen LogP contribution in [0.25, 0.3) is 0 Å². The summed E-state index contributed by atoms with van der Waals surface area (Å²) in [5.41, 5.74) is 2.62. The highest BCUT2D eigenvalue weighted by molar-refractivity contribution is 5.96. The Balaban J connectivity index is 2.09. The molecule has 0 fully saturated rings. The van der Waals surface area contributed by atoms with Gasteiger partial charge < -0.3 is 20.8 Å². The summed E-state index contributed by atoms with van der Waals surface area (Å²) in [5, 5.41) is 23.3. The van der Waals surface area contributed by atoms with Gasteiger partial charge in [0.15, 0.2) is 6.10 Å². The Hall–Kier alpha value is -1.92. The molecule has 1 amide bonds. The van der Waals surface area contributed by atoms with E-state index in [1.165, 1.54) is 0 Å². The van der Waals surface area contributed by atoms with Crippen LogP contribution in [0.4, 0.5) is 0 Å². The fourth-order valence-electron chi connectivity index (χ4n) is 2.12. The summed E-state index contributed by atoms with van der Waals surface area (Å²) < 4.78 is 0. The number of fused-ring (bicyclic) bond motifs is 1. The summed E-state index contributed by atoms with van der Waals surface area (Å²) in [5.74, 6) is -1.70. The van der Waals surface area contributed by atoms with E-state index in [2.05, 4.69) is 10.6 Å². The molecule has 1 heterocycles. The normalized spacial score (nSPS) is 15.4. The van der Waals surface area contributed by atoms with Crippen LogP contribution >= 0.6 is 0 Å². The van der Waals surface area contributed by atoms with Gasteiger partial charge in [0.25, 0.3) is 5.91 Å². The molecule has 1 aromatic carbocycles. The van der Waals surface area contributed by atoms with E-state index in [0.717, 1.165) is 30.6 Å². The molecule has 1 atom stereocenters. The summed E-state index contributed by atoms with van der Waals surface area (Å²) in [4.78, 5) is 22.5. The van der Waals surface area contributed by atoms with Gasteiger partial charge in [-0.2, -0.15) is 0 Å². The van der Waals surface area contributed by atoms with E-state index in [1.54, 1.807) is 12.1 Å². The first-order valence-electron chi connectivity index (χ1n) is 6.10. The molecule has 1 aliphatic heterocycles. The van der Waals surface area contributed by atoms with Gasteiger partial charge in [-0.05, 0) is 30.2 Å². The SMILES string of the molecule is O=C(NC[C@H](O)C(=O)O)c1cccc2c1CCNC2. The summed E-state index contributed by atoms with van der Waals surface area (Å²) in [6.45, 7) is 1.25. The van der Waals surface area contributed by atoms with Crippen molar-refractivity contribution in [2.45, 2.75) is 19.1 Å². The fourth-order valence-corrected chi connectivity index (χ4v) is 2.12. The number of aliphatic carboxylic acids is 1. The maximum absolute atomic E-state index is 12.0. The lowest BCUT2D eigenvalue weighted by atomic mass is 9.95. The van der Waals surface area contributed by atoms with Crippen molar-refractivity contribution < 1.29 is 19.8 Å². The smallest absolute Gasteiger partial charge is 0.334 e. The quantitative estimate of drug-likeness (QED) is 0.588. The van der Waals surface area contributed by atoms with Gasteiger partial charge in [0.05, 0.1) is 6.54 Å². The number of benzene rings is 1. The molecule has 6 nitrogen and oxygen atoms in total. The molecule has 0 spiro atoms. The topological polar surface area (TPSA) is 98.7 Å². The van der Waals surface area contributed by atoms with E-state index in [-0.39, 0.29) is 12.5 Å². The maximum Gasteiger partial charge on any atom is 0.334 e. The average molecular weight is 264 g/mol. The predicted octanol–water partition coefficient (Wildman–Crippen LogP) is -0.492. The van der Waals surface area contributed by atoms with Crippen LogP contribution in [0.15, 0.2) is 18.2 Å². The first kappa shape index (κ1) is 13.5. The molecule has 19 heavy (non-hydrogen) atoms. The highest BCUT2D eigenvalue weighted by atomic mass is 16.4. The third kappa shape index (κ3) is 3.10. The van der Waals surface area contributed by atoms with E-state index in [9.17, 15) is 9.59 Å². The molecule has 6 heteroatoms. The van der Waals surface area contributed by atoms with Crippen molar-refractivity contribution in [3.05, 3.63) is 34.9 Å². The van der Waals surface area contributed by atoms with Crippen LogP contribution in [0.3, 0.4) is 0 Å². The maximum atomic E-state index is 12.0. The zero-order valence-corrected chi connectivity index (χ0v) is 10.3. The van der Waals surface area contributed by atoms with Crippen LogP contribution in [0.5, 0.6) is 0 Å². The number of carboxylic acids is 1. The van der Waals surface area contributed by atoms with Crippen molar-refractivity contribution in [1.82, 2.24) is 10.6 Å². The predicted molar refractivity (Wildman–Crippen MR) is 67.8 cm³/mol. The van der Waals surface area contributed by atoms with Crippen LogP contribution < -0.4 is 10.6 Å². The first-order chi connectivity index (χ1) is 9.09. The molecule has 0 saturated carbocycles. The molecule has 0 unspecified atom stereocenters. The second kappa shape index (κ2) is 5.81. The third-order valence-corrected chi connectivity index (χ3v) is 3.13. The van der Waals surface area contributed by atoms with Gasteiger partial charge in [-0.1, -0.05) is 12.1 Å². The van der Waals surface area contributed by atoms with Crippen molar-refractivity contribution in [3.63, 3.8) is 0 Å². The lowest BCUT2D eigenvalue weighted by molar-refractivity contribution is -0.146. The summed E-state index contributed by atoms with van der Waals surface area (Å²) in [6.07, 6.45) is -0.814. The number of aliphatic hydroxyl groups excluding tert-OH is 1. The van der Waals surface area contributed by atoms with Gasteiger partial charge in [-0.3, -0.25) is 4.79 Å². The zero-order valence-electron chi connectivity index (χ0n) is 10.3. The standard InChI is InChI=1S/C13H16N2O4/c16-11(13(18)19)7-15-12(17)10-3-1-2-8-6-14-5-4-9(8)10/h1-3,11,14,16H,4-7H2,(H,15,17)(H,18,19)/t11-/m0/s1. The third-order valence-electron chi connectivity index (χ3n) is 3.13. The van der Waals surface area contributed by atoms with E-state index >= 15 is 0 Å². The highest BCUT2D eigenvalue weighted by Crippen LogP contribution is 2.18. The van der Waals surface area contributed by atoms with E-state index in [4.69, 9.17) is 10.2 Å². The number of hydrogen-bond donors (Lipinski definition) is 4. The molecular weight excluding hydrogens is 248 g/mol. The van der Waals surface area contributed by atoms with Crippen molar-refractivity contribution in [2.75, 3.05) is 13.1 Å². The Kier molecular flexibility index (Phi) is 4.13. The average Bonchev–Trinajstić information content (AvgIpc) is 2.43. The first-order valence-corrected chi connectivity index (χ1v) is 6.10. The Labute approximate surface area is 110 Å². The van der Waals surface area contributed by atoms with Crippen LogP contribution in [0.1, 0.15) is 21.5 Å². The summed E-state index contributed by atoms with van der Waals surface area (Å²) in [6, 6.07) is 5.48. The largest absolute Gasteiger partial charge is 0.479 e. The number of nitrogens with one attached hydrogen (secondary N) is 2. The summed E-state index contributed by atoms with van der Waals surface area (Å²) >= 11 is 0. The molecule has 102 valence electrons. The number of aliphatic hydroxyl groups is 1. The fraction of sp³-hybridized carbons (Fsp3) is 0.385. The number of amides is 1. The Morgan fingerprint density at radius 3 is 2.95 bits per heavy atom. The lowest BCUT2D eigenvalue weighted by Crippen LogP contribution is -2.37. The lowest BCUT2D eigenvalue weighted by Gasteiger charge is -2.20. The van der Waals surface area contributed by atoms with Gasteiger partial charge in [0.2, 0.25) is 0 Å². The zero-order chi connectivity index (χ0) is 13.8. The molecular formula is C13H16N2O4. The Morgan fingerprint density at radius 2 is 2.21 bits per heavy atom. The van der Waals surface area contributed by atoms with E-state index in [0.29, 0.717) is 5.56 Å². The van der Waals surface area contributed by atoms with Crippen molar-refractivity contribution in [1.29, 1.82) is 0 Å².